The Morgan fingerprint density at radius 2 is 1.64 bits per heavy atom. The third kappa shape index (κ3) is 2.16. The number of hydrogen-bond acceptors (Lipinski definition) is 5. The zero-order valence-corrected chi connectivity index (χ0v) is 12.6. The van der Waals surface area contributed by atoms with E-state index >= 15 is 0 Å². The number of rotatable bonds is 2. The largest absolute Gasteiger partial charge is 0.368 e. The summed E-state index contributed by atoms with van der Waals surface area (Å²) in [6, 6.07) is 10.6. The second-order valence-electron chi connectivity index (χ2n) is 5.51. The maximum atomic E-state index is 4.48. The van der Waals surface area contributed by atoms with Gasteiger partial charge in [-0.3, -0.25) is 4.68 Å². The van der Waals surface area contributed by atoms with Crippen LogP contribution in [0.5, 0.6) is 0 Å². The van der Waals surface area contributed by atoms with Gasteiger partial charge in [0.2, 0.25) is 0 Å². The number of hydrogen-bond donors (Lipinski definition) is 0. The Kier molecular flexibility index (Phi) is 3.14. The second kappa shape index (κ2) is 5.29. The molecule has 0 spiro atoms. The molecular formula is C16H18N6. The lowest BCUT2D eigenvalue weighted by molar-refractivity contribution is 0.649. The van der Waals surface area contributed by atoms with Crippen LogP contribution in [0.4, 0.5) is 11.5 Å². The molecule has 4 rings (SSSR count). The molecular weight excluding hydrogens is 276 g/mol. The van der Waals surface area contributed by atoms with Gasteiger partial charge in [0, 0.05) is 38.9 Å². The molecule has 0 bridgehead atoms. The third-order valence-electron chi connectivity index (χ3n) is 4.21. The van der Waals surface area contributed by atoms with Gasteiger partial charge in [0.25, 0.3) is 0 Å². The Balaban J connectivity index is 1.56. The Bertz CT molecular complexity index is 774. The fourth-order valence-corrected chi connectivity index (χ4v) is 3.02. The van der Waals surface area contributed by atoms with E-state index in [1.54, 1.807) is 11.0 Å². The van der Waals surface area contributed by atoms with Gasteiger partial charge in [-0.2, -0.15) is 5.10 Å². The van der Waals surface area contributed by atoms with E-state index in [4.69, 9.17) is 0 Å². The second-order valence-corrected chi connectivity index (χ2v) is 5.51. The summed E-state index contributed by atoms with van der Waals surface area (Å²) in [5, 5.41) is 5.32. The number of aryl methyl sites for hydroxylation is 1. The smallest absolute Gasteiger partial charge is 0.163 e. The van der Waals surface area contributed by atoms with E-state index in [-0.39, 0.29) is 0 Å². The van der Waals surface area contributed by atoms with Gasteiger partial charge in [-0.1, -0.05) is 18.2 Å². The van der Waals surface area contributed by atoms with Crippen LogP contribution in [0.15, 0.2) is 42.9 Å². The van der Waals surface area contributed by atoms with Crippen molar-refractivity contribution in [3.05, 3.63) is 42.9 Å². The van der Waals surface area contributed by atoms with Crippen LogP contribution in [-0.2, 0) is 7.05 Å². The molecule has 1 aliphatic rings. The number of piperazine rings is 1. The van der Waals surface area contributed by atoms with E-state index in [1.165, 1.54) is 5.69 Å². The summed E-state index contributed by atoms with van der Waals surface area (Å²) < 4.78 is 1.79. The third-order valence-corrected chi connectivity index (χ3v) is 4.21. The molecule has 1 fully saturated rings. The Morgan fingerprint density at radius 1 is 0.909 bits per heavy atom. The van der Waals surface area contributed by atoms with Gasteiger partial charge < -0.3 is 9.80 Å². The van der Waals surface area contributed by atoms with E-state index in [1.807, 2.05) is 13.2 Å². The number of para-hydroxylation sites is 1. The van der Waals surface area contributed by atoms with E-state index in [0.29, 0.717) is 0 Å². The summed E-state index contributed by atoms with van der Waals surface area (Å²) >= 11 is 0. The molecule has 0 atom stereocenters. The highest BCUT2D eigenvalue weighted by atomic mass is 15.3. The van der Waals surface area contributed by atoms with Crippen LogP contribution in [0.3, 0.4) is 0 Å². The van der Waals surface area contributed by atoms with Gasteiger partial charge in [0.05, 0.1) is 11.6 Å². The first-order chi connectivity index (χ1) is 10.8. The van der Waals surface area contributed by atoms with Gasteiger partial charge in [-0.15, -0.1) is 0 Å². The zero-order chi connectivity index (χ0) is 14.9. The van der Waals surface area contributed by atoms with Crippen molar-refractivity contribution in [1.82, 2.24) is 19.7 Å². The Labute approximate surface area is 129 Å². The van der Waals surface area contributed by atoms with Crippen molar-refractivity contribution in [2.75, 3.05) is 36.0 Å². The fraction of sp³-hybridized carbons (Fsp3) is 0.312. The van der Waals surface area contributed by atoms with Gasteiger partial charge >= 0.3 is 0 Å². The molecule has 2 aromatic heterocycles. The molecule has 6 nitrogen and oxygen atoms in total. The first-order valence-corrected chi connectivity index (χ1v) is 7.50. The minimum Gasteiger partial charge on any atom is -0.368 e. The average molecular weight is 294 g/mol. The van der Waals surface area contributed by atoms with Crippen LogP contribution < -0.4 is 9.80 Å². The summed E-state index contributed by atoms with van der Waals surface area (Å²) in [6.07, 6.45) is 3.48. The summed E-state index contributed by atoms with van der Waals surface area (Å²) in [6.45, 7) is 3.90. The molecule has 0 amide bonds. The molecule has 1 saturated heterocycles. The summed E-state index contributed by atoms with van der Waals surface area (Å²) in [5.74, 6) is 0.991. The van der Waals surface area contributed by atoms with Crippen molar-refractivity contribution in [1.29, 1.82) is 0 Å². The predicted molar refractivity (Wildman–Crippen MR) is 87.2 cm³/mol. The maximum Gasteiger partial charge on any atom is 0.163 e. The van der Waals surface area contributed by atoms with Gasteiger partial charge in [-0.25, -0.2) is 9.97 Å². The summed E-state index contributed by atoms with van der Waals surface area (Å²) in [7, 11) is 1.91. The summed E-state index contributed by atoms with van der Waals surface area (Å²) in [4.78, 5) is 13.5. The predicted octanol–water partition coefficient (Wildman–Crippen LogP) is 1.69. The van der Waals surface area contributed by atoms with Crippen molar-refractivity contribution < 1.29 is 0 Å². The highest BCUT2D eigenvalue weighted by Crippen LogP contribution is 2.24. The molecule has 0 N–H and O–H groups in total. The first-order valence-electron chi connectivity index (χ1n) is 7.50. The number of fused-ring (bicyclic) bond motifs is 1. The highest BCUT2D eigenvalue weighted by molar-refractivity contribution is 5.86. The van der Waals surface area contributed by atoms with Crippen LogP contribution in [0.25, 0.3) is 11.0 Å². The molecule has 1 aromatic carbocycles. The quantitative estimate of drug-likeness (QED) is 0.720. The topological polar surface area (TPSA) is 50.1 Å². The van der Waals surface area contributed by atoms with E-state index < -0.39 is 0 Å². The van der Waals surface area contributed by atoms with Crippen LogP contribution in [0, 0.1) is 0 Å². The molecule has 3 aromatic rings. The molecule has 6 heteroatoms. The van der Waals surface area contributed by atoms with Crippen LogP contribution in [0.2, 0.25) is 0 Å². The average Bonchev–Trinajstić information content (AvgIpc) is 2.97. The van der Waals surface area contributed by atoms with E-state index in [2.05, 4.69) is 55.2 Å². The maximum absolute atomic E-state index is 4.48. The number of aromatic nitrogens is 4. The van der Waals surface area contributed by atoms with Crippen LogP contribution >= 0.6 is 0 Å². The SMILES string of the molecule is Cn1ncc2c(N3CCN(c4ccccc4)CC3)ncnc21. The van der Waals surface area contributed by atoms with Gasteiger partial charge in [-0.05, 0) is 12.1 Å². The molecule has 0 aliphatic carbocycles. The number of benzene rings is 1. The lowest BCUT2D eigenvalue weighted by Crippen LogP contribution is -2.46. The number of nitrogens with zero attached hydrogens (tertiary/aromatic N) is 6. The van der Waals surface area contributed by atoms with E-state index in [0.717, 1.165) is 43.0 Å². The molecule has 112 valence electrons. The van der Waals surface area contributed by atoms with Crippen molar-refractivity contribution in [3.8, 4) is 0 Å². The Hall–Kier alpha value is -2.63. The van der Waals surface area contributed by atoms with Crippen molar-refractivity contribution in [2.45, 2.75) is 0 Å². The summed E-state index contributed by atoms with van der Waals surface area (Å²) in [5.41, 5.74) is 2.17. The van der Waals surface area contributed by atoms with Crippen LogP contribution in [0.1, 0.15) is 0 Å². The number of anilines is 2. The molecule has 0 saturated carbocycles. The minimum atomic E-state index is 0.885. The Morgan fingerprint density at radius 3 is 2.41 bits per heavy atom. The molecule has 1 aliphatic heterocycles. The lowest BCUT2D eigenvalue weighted by Gasteiger charge is -2.36. The van der Waals surface area contributed by atoms with Crippen molar-refractivity contribution in [3.63, 3.8) is 0 Å². The van der Waals surface area contributed by atoms with Crippen molar-refractivity contribution in [2.24, 2.45) is 7.05 Å². The minimum absolute atomic E-state index is 0.885. The van der Waals surface area contributed by atoms with Crippen LogP contribution in [-0.4, -0.2) is 45.9 Å². The fourth-order valence-electron chi connectivity index (χ4n) is 3.02. The van der Waals surface area contributed by atoms with Gasteiger partial charge in [0.15, 0.2) is 5.65 Å². The first kappa shape index (κ1) is 13.1. The molecule has 0 unspecified atom stereocenters. The van der Waals surface area contributed by atoms with E-state index in [9.17, 15) is 0 Å². The molecule has 22 heavy (non-hydrogen) atoms. The normalized spacial score (nSPS) is 15.5. The molecule has 0 radical (unpaired) electrons. The van der Waals surface area contributed by atoms with Crippen molar-refractivity contribution >= 4 is 22.5 Å². The lowest BCUT2D eigenvalue weighted by atomic mass is 10.2. The van der Waals surface area contributed by atoms with Gasteiger partial charge in [0.1, 0.15) is 12.1 Å². The standard InChI is InChI=1S/C16H18N6/c1-20-15-14(11-19-20)16(18-12-17-15)22-9-7-21(8-10-22)13-5-3-2-4-6-13/h2-6,11-12H,7-10H2,1H3. The highest BCUT2D eigenvalue weighted by Gasteiger charge is 2.20. The zero-order valence-electron chi connectivity index (χ0n) is 12.6. The molecule has 3 heterocycles. The monoisotopic (exact) mass is 294 g/mol.